The van der Waals surface area contributed by atoms with E-state index in [1.165, 1.54) is 0 Å². The molecule has 2 rings (SSSR count). The molecule has 0 fully saturated rings. The Hall–Kier alpha value is -2.82. The van der Waals surface area contributed by atoms with Crippen LogP contribution in [0.3, 0.4) is 0 Å². The van der Waals surface area contributed by atoms with Crippen molar-refractivity contribution in [3.63, 3.8) is 0 Å². The Morgan fingerprint density at radius 3 is 2.50 bits per heavy atom. The van der Waals surface area contributed by atoms with Gasteiger partial charge in [-0.05, 0) is 56.5 Å². The molecule has 1 N–H and O–H groups in total. The SMILES string of the molecule is CCOC(=O)c1ccccc1NC(=O)[C@@H](CC)Oc1cc(C)ccc1C. The Bertz CT molecular complexity index is 785. The number of ether oxygens (including phenoxy) is 2. The topological polar surface area (TPSA) is 64.6 Å². The Morgan fingerprint density at radius 2 is 1.81 bits per heavy atom. The third kappa shape index (κ3) is 4.85. The number of carbonyl (C=O) groups excluding carboxylic acids is 2. The van der Waals surface area contributed by atoms with Crippen LogP contribution in [-0.2, 0) is 9.53 Å². The number of esters is 1. The normalized spacial score (nSPS) is 11.5. The number of carbonyl (C=O) groups is 2. The third-order valence-corrected chi connectivity index (χ3v) is 3.96. The molecule has 0 aliphatic rings. The minimum atomic E-state index is -0.661. The van der Waals surface area contributed by atoms with Gasteiger partial charge < -0.3 is 14.8 Å². The van der Waals surface area contributed by atoms with Crippen LogP contribution in [0.15, 0.2) is 42.5 Å². The van der Waals surface area contributed by atoms with Gasteiger partial charge in [-0.15, -0.1) is 0 Å². The summed E-state index contributed by atoms with van der Waals surface area (Å²) >= 11 is 0. The maximum Gasteiger partial charge on any atom is 0.340 e. The number of aryl methyl sites for hydroxylation is 2. The summed E-state index contributed by atoms with van der Waals surface area (Å²) in [6, 6.07) is 12.7. The average molecular weight is 355 g/mol. The lowest BCUT2D eigenvalue weighted by Crippen LogP contribution is -2.33. The number of hydrogen-bond acceptors (Lipinski definition) is 4. The molecule has 0 saturated carbocycles. The van der Waals surface area contributed by atoms with Crippen molar-refractivity contribution in [3.05, 3.63) is 59.2 Å². The van der Waals surface area contributed by atoms with Crippen molar-refractivity contribution >= 4 is 17.6 Å². The molecule has 2 aromatic rings. The molecule has 0 aromatic heterocycles. The van der Waals surface area contributed by atoms with E-state index >= 15 is 0 Å². The average Bonchev–Trinajstić information content (AvgIpc) is 2.63. The van der Waals surface area contributed by atoms with Crippen molar-refractivity contribution in [2.75, 3.05) is 11.9 Å². The Labute approximate surface area is 154 Å². The maximum absolute atomic E-state index is 12.7. The van der Waals surface area contributed by atoms with E-state index in [4.69, 9.17) is 9.47 Å². The standard InChI is InChI=1S/C21H25NO4/c1-5-18(26-19-13-14(3)11-12-15(19)4)20(23)22-17-10-8-7-9-16(17)21(24)25-6-2/h7-13,18H,5-6H2,1-4H3,(H,22,23)/t18-/m1/s1. The molecule has 0 aliphatic carbocycles. The first-order chi connectivity index (χ1) is 12.5. The van der Waals surface area contributed by atoms with E-state index in [-0.39, 0.29) is 12.5 Å². The molecule has 0 aliphatic heterocycles. The van der Waals surface area contributed by atoms with Crippen molar-refractivity contribution in [2.45, 2.75) is 40.2 Å². The van der Waals surface area contributed by atoms with Gasteiger partial charge >= 0.3 is 5.97 Å². The lowest BCUT2D eigenvalue weighted by molar-refractivity contribution is -0.122. The highest BCUT2D eigenvalue weighted by atomic mass is 16.5. The quantitative estimate of drug-likeness (QED) is 0.753. The molecule has 1 amide bonds. The monoisotopic (exact) mass is 355 g/mol. The predicted molar refractivity (Wildman–Crippen MR) is 102 cm³/mol. The highest BCUT2D eigenvalue weighted by Gasteiger charge is 2.22. The van der Waals surface area contributed by atoms with Crippen LogP contribution in [0.2, 0.25) is 0 Å². The fraction of sp³-hybridized carbons (Fsp3) is 0.333. The lowest BCUT2D eigenvalue weighted by Gasteiger charge is -2.19. The third-order valence-electron chi connectivity index (χ3n) is 3.96. The molecule has 1 atom stereocenters. The van der Waals surface area contributed by atoms with E-state index < -0.39 is 12.1 Å². The van der Waals surface area contributed by atoms with Crippen LogP contribution in [0.1, 0.15) is 41.8 Å². The summed E-state index contributed by atoms with van der Waals surface area (Å²) in [7, 11) is 0. The van der Waals surface area contributed by atoms with E-state index in [2.05, 4.69) is 5.32 Å². The molecular weight excluding hydrogens is 330 g/mol. The first-order valence-electron chi connectivity index (χ1n) is 8.77. The molecule has 5 nitrogen and oxygen atoms in total. The van der Waals surface area contributed by atoms with Crippen molar-refractivity contribution < 1.29 is 19.1 Å². The zero-order chi connectivity index (χ0) is 19.1. The second-order valence-corrected chi connectivity index (χ2v) is 6.04. The van der Waals surface area contributed by atoms with Gasteiger partial charge in [-0.3, -0.25) is 4.79 Å². The molecule has 5 heteroatoms. The van der Waals surface area contributed by atoms with Gasteiger partial charge in [0.1, 0.15) is 5.75 Å². The van der Waals surface area contributed by atoms with Crippen LogP contribution in [0, 0.1) is 13.8 Å². The van der Waals surface area contributed by atoms with Crippen LogP contribution in [0.4, 0.5) is 5.69 Å². The highest BCUT2D eigenvalue weighted by Crippen LogP contribution is 2.22. The van der Waals surface area contributed by atoms with Crippen molar-refractivity contribution in [3.8, 4) is 5.75 Å². The molecule has 138 valence electrons. The molecule has 26 heavy (non-hydrogen) atoms. The van der Waals surface area contributed by atoms with Gasteiger partial charge in [0.15, 0.2) is 6.10 Å². The Balaban J connectivity index is 2.17. The molecule has 0 spiro atoms. The predicted octanol–water partition coefficient (Wildman–Crippen LogP) is 4.28. The number of rotatable bonds is 7. The summed E-state index contributed by atoms with van der Waals surface area (Å²) in [5.41, 5.74) is 2.77. The van der Waals surface area contributed by atoms with Gasteiger partial charge in [-0.2, -0.15) is 0 Å². The Kier molecular flexibility index (Phi) is 6.78. The van der Waals surface area contributed by atoms with Crippen molar-refractivity contribution in [1.82, 2.24) is 0 Å². The number of nitrogens with one attached hydrogen (secondary N) is 1. The molecule has 0 saturated heterocycles. The van der Waals surface area contributed by atoms with Crippen molar-refractivity contribution in [2.24, 2.45) is 0 Å². The summed E-state index contributed by atoms with van der Waals surface area (Å²) in [4.78, 5) is 24.7. The van der Waals surface area contributed by atoms with E-state index in [1.54, 1.807) is 31.2 Å². The van der Waals surface area contributed by atoms with E-state index in [1.807, 2.05) is 39.0 Å². The fourth-order valence-electron chi connectivity index (χ4n) is 2.50. The number of benzene rings is 2. The molecule has 0 unspecified atom stereocenters. The van der Waals surface area contributed by atoms with E-state index in [0.29, 0.717) is 23.4 Å². The summed E-state index contributed by atoms with van der Waals surface area (Å²) < 4.78 is 11.0. The minimum absolute atomic E-state index is 0.272. The van der Waals surface area contributed by atoms with Gasteiger partial charge in [0.2, 0.25) is 0 Å². The number of anilines is 1. The molecule has 2 aromatic carbocycles. The zero-order valence-corrected chi connectivity index (χ0v) is 15.7. The second-order valence-electron chi connectivity index (χ2n) is 6.04. The summed E-state index contributed by atoms with van der Waals surface area (Å²) in [5, 5.41) is 2.79. The van der Waals surface area contributed by atoms with Crippen LogP contribution in [0.25, 0.3) is 0 Å². The van der Waals surface area contributed by atoms with Crippen LogP contribution in [0.5, 0.6) is 5.75 Å². The largest absolute Gasteiger partial charge is 0.480 e. The summed E-state index contributed by atoms with van der Waals surface area (Å²) in [6.45, 7) is 7.81. The van der Waals surface area contributed by atoms with E-state index in [0.717, 1.165) is 11.1 Å². The van der Waals surface area contributed by atoms with Gasteiger partial charge in [0.05, 0.1) is 17.9 Å². The number of hydrogen-bond donors (Lipinski definition) is 1. The van der Waals surface area contributed by atoms with Gasteiger partial charge in [-0.1, -0.05) is 31.2 Å². The van der Waals surface area contributed by atoms with E-state index in [9.17, 15) is 9.59 Å². The fourth-order valence-corrected chi connectivity index (χ4v) is 2.50. The van der Waals surface area contributed by atoms with Gasteiger partial charge in [-0.25, -0.2) is 4.79 Å². The van der Waals surface area contributed by atoms with Crippen LogP contribution in [-0.4, -0.2) is 24.6 Å². The number of para-hydroxylation sites is 1. The number of amides is 1. The maximum atomic E-state index is 12.7. The van der Waals surface area contributed by atoms with Crippen LogP contribution < -0.4 is 10.1 Å². The first-order valence-corrected chi connectivity index (χ1v) is 8.77. The van der Waals surface area contributed by atoms with Gasteiger partial charge in [0, 0.05) is 0 Å². The van der Waals surface area contributed by atoms with Crippen LogP contribution >= 0.6 is 0 Å². The molecule has 0 heterocycles. The molecular formula is C21H25NO4. The molecule has 0 radical (unpaired) electrons. The summed E-state index contributed by atoms with van der Waals surface area (Å²) in [5.74, 6) is -0.0808. The zero-order valence-electron chi connectivity index (χ0n) is 15.7. The highest BCUT2D eigenvalue weighted by molar-refractivity contribution is 6.02. The van der Waals surface area contributed by atoms with Crippen molar-refractivity contribution in [1.29, 1.82) is 0 Å². The van der Waals surface area contributed by atoms with Gasteiger partial charge in [0.25, 0.3) is 5.91 Å². The minimum Gasteiger partial charge on any atom is -0.480 e. The first kappa shape index (κ1) is 19.5. The smallest absolute Gasteiger partial charge is 0.340 e. The lowest BCUT2D eigenvalue weighted by atomic mass is 10.1. The second kappa shape index (κ2) is 9.04. The molecule has 0 bridgehead atoms. The Morgan fingerprint density at radius 1 is 1.08 bits per heavy atom. The summed E-state index contributed by atoms with van der Waals surface area (Å²) in [6.07, 6.45) is -0.161.